The van der Waals surface area contributed by atoms with Gasteiger partial charge in [-0.2, -0.15) is 0 Å². The van der Waals surface area contributed by atoms with Gasteiger partial charge in [0.15, 0.2) is 0 Å². The lowest BCUT2D eigenvalue weighted by molar-refractivity contribution is -0.119. The first-order valence-electron chi connectivity index (χ1n) is 4.85. The fourth-order valence-electron chi connectivity index (χ4n) is 1.59. The number of hydrogen-bond donors (Lipinski definition) is 1. The van der Waals surface area contributed by atoms with Gasteiger partial charge in [0.25, 0.3) is 0 Å². The summed E-state index contributed by atoms with van der Waals surface area (Å²) in [6, 6.07) is 5.85. The molecule has 2 rings (SSSR count). The average molecular weight is 203 g/mol. The summed E-state index contributed by atoms with van der Waals surface area (Å²) < 4.78 is 1.99. The van der Waals surface area contributed by atoms with Crippen LogP contribution >= 0.6 is 0 Å². The van der Waals surface area contributed by atoms with Gasteiger partial charge in [-0.15, -0.1) is 0 Å². The van der Waals surface area contributed by atoms with E-state index < -0.39 is 0 Å². The normalized spacial score (nSPS) is 10.5. The third-order valence-corrected chi connectivity index (χ3v) is 2.33. The summed E-state index contributed by atoms with van der Waals surface area (Å²) in [6.07, 6.45) is 1.95. The summed E-state index contributed by atoms with van der Waals surface area (Å²) in [5.41, 5.74) is 2.89. The molecule has 1 amide bonds. The minimum Gasteiger partial charge on any atom is -0.351 e. The highest BCUT2D eigenvalue weighted by atomic mass is 16.1. The van der Waals surface area contributed by atoms with Crippen LogP contribution < -0.4 is 5.32 Å². The van der Waals surface area contributed by atoms with Gasteiger partial charge in [-0.1, -0.05) is 6.07 Å². The van der Waals surface area contributed by atoms with Gasteiger partial charge >= 0.3 is 0 Å². The third kappa shape index (κ3) is 1.83. The molecule has 4 nitrogen and oxygen atoms in total. The van der Waals surface area contributed by atoms with Crippen LogP contribution in [0.4, 0.5) is 0 Å². The van der Waals surface area contributed by atoms with Gasteiger partial charge in [0.2, 0.25) is 5.91 Å². The Morgan fingerprint density at radius 1 is 1.53 bits per heavy atom. The van der Waals surface area contributed by atoms with Gasteiger partial charge in [-0.25, -0.2) is 4.98 Å². The minimum absolute atomic E-state index is 0.0275. The van der Waals surface area contributed by atoms with Gasteiger partial charge < -0.3 is 9.72 Å². The summed E-state index contributed by atoms with van der Waals surface area (Å²) in [6.45, 7) is 3.98. The summed E-state index contributed by atoms with van der Waals surface area (Å²) in [5.74, 6) is -0.0275. The zero-order valence-corrected chi connectivity index (χ0v) is 8.82. The van der Waals surface area contributed by atoms with Crippen LogP contribution in [0.3, 0.4) is 0 Å². The van der Waals surface area contributed by atoms with Crippen molar-refractivity contribution < 1.29 is 4.79 Å². The van der Waals surface area contributed by atoms with Gasteiger partial charge in [-0.05, 0) is 19.1 Å². The van der Waals surface area contributed by atoms with E-state index in [1.54, 1.807) is 0 Å². The number of amides is 1. The lowest BCUT2D eigenvalue weighted by Crippen LogP contribution is -2.20. The molecule has 2 aromatic rings. The second-order valence-corrected chi connectivity index (χ2v) is 3.48. The van der Waals surface area contributed by atoms with Crippen LogP contribution in [0.15, 0.2) is 24.4 Å². The van der Waals surface area contributed by atoms with Gasteiger partial charge in [0, 0.05) is 13.1 Å². The van der Waals surface area contributed by atoms with Crippen molar-refractivity contribution in [3.63, 3.8) is 0 Å². The molecule has 78 valence electrons. The zero-order chi connectivity index (χ0) is 10.8. The number of rotatable bonds is 2. The molecule has 0 bridgehead atoms. The number of aromatic nitrogens is 2. The average Bonchev–Trinajstić information content (AvgIpc) is 2.50. The predicted molar refractivity (Wildman–Crippen MR) is 57.4 cm³/mol. The van der Waals surface area contributed by atoms with Gasteiger partial charge in [0.05, 0.1) is 17.9 Å². The van der Waals surface area contributed by atoms with Crippen LogP contribution in [0, 0.1) is 6.92 Å². The van der Waals surface area contributed by atoms with Gasteiger partial charge in [-0.3, -0.25) is 4.79 Å². The number of nitrogens with one attached hydrogen (secondary N) is 1. The maximum Gasteiger partial charge on any atom is 0.217 e. The molecule has 0 radical (unpaired) electrons. The van der Waals surface area contributed by atoms with Crippen molar-refractivity contribution in [3.8, 4) is 0 Å². The second kappa shape index (κ2) is 3.73. The smallest absolute Gasteiger partial charge is 0.217 e. The molecule has 0 saturated heterocycles. The van der Waals surface area contributed by atoms with E-state index in [1.807, 2.05) is 35.7 Å². The summed E-state index contributed by atoms with van der Waals surface area (Å²) in [7, 11) is 0. The number of hydrogen-bond acceptors (Lipinski definition) is 2. The molecule has 0 spiro atoms. The first kappa shape index (κ1) is 9.71. The second-order valence-electron chi connectivity index (χ2n) is 3.48. The monoisotopic (exact) mass is 203 g/mol. The van der Waals surface area contributed by atoms with E-state index in [2.05, 4.69) is 10.3 Å². The molecule has 0 atom stereocenters. The number of nitrogens with zero attached hydrogens (tertiary/aromatic N) is 2. The summed E-state index contributed by atoms with van der Waals surface area (Å²) in [5, 5.41) is 2.78. The molecule has 2 aromatic heterocycles. The molecule has 0 aliphatic rings. The Morgan fingerprint density at radius 3 is 3.07 bits per heavy atom. The maximum atomic E-state index is 10.8. The Morgan fingerprint density at radius 2 is 2.33 bits per heavy atom. The number of imidazole rings is 1. The van der Waals surface area contributed by atoms with Crippen LogP contribution in [0.2, 0.25) is 0 Å². The molecule has 2 heterocycles. The molecule has 0 aliphatic carbocycles. The van der Waals surface area contributed by atoms with Crippen molar-refractivity contribution in [3.05, 3.63) is 35.8 Å². The molecule has 15 heavy (non-hydrogen) atoms. The van der Waals surface area contributed by atoms with Crippen molar-refractivity contribution in [2.75, 3.05) is 0 Å². The standard InChI is InChI=1S/C11H13N3O/c1-8-10(7-12-9(2)15)14-6-4-3-5-11(14)13-8/h3-6H,7H2,1-2H3,(H,12,15). The van der Waals surface area contributed by atoms with E-state index >= 15 is 0 Å². The van der Waals surface area contributed by atoms with Gasteiger partial charge in [0.1, 0.15) is 5.65 Å². The van der Waals surface area contributed by atoms with Crippen molar-refractivity contribution in [1.82, 2.24) is 14.7 Å². The summed E-state index contributed by atoms with van der Waals surface area (Å²) >= 11 is 0. The highest BCUT2D eigenvalue weighted by Gasteiger charge is 2.07. The Bertz CT molecular complexity index is 502. The third-order valence-electron chi connectivity index (χ3n) is 2.33. The maximum absolute atomic E-state index is 10.8. The highest BCUT2D eigenvalue weighted by Crippen LogP contribution is 2.10. The molecule has 0 aliphatic heterocycles. The Kier molecular flexibility index (Phi) is 2.41. The lowest BCUT2D eigenvalue weighted by atomic mass is 10.3. The van der Waals surface area contributed by atoms with E-state index in [0.717, 1.165) is 17.0 Å². The van der Waals surface area contributed by atoms with Crippen molar-refractivity contribution in [2.24, 2.45) is 0 Å². The number of carbonyl (C=O) groups excluding carboxylic acids is 1. The molecular formula is C11H13N3O. The van der Waals surface area contributed by atoms with Crippen molar-refractivity contribution in [2.45, 2.75) is 20.4 Å². The van der Waals surface area contributed by atoms with E-state index in [-0.39, 0.29) is 5.91 Å². The van der Waals surface area contributed by atoms with Crippen molar-refractivity contribution in [1.29, 1.82) is 0 Å². The molecule has 0 unspecified atom stereocenters. The SMILES string of the molecule is CC(=O)NCc1c(C)nc2ccccn12. The van der Waals surface area contributed by atoms with E-state index in [0.29, 0.717) is 6.54 Å². The van der Waals surface area contributed by atoms with E-state index in [9.17, 15) is 4.79 Å². The van der Waals surface area contributed by atoms with Crippen LogP contribution in [0.1, 0.15) is 18.3 Å². The van der Waals surface area contributed by atoms with Crippen LogP contribution in [0.5, 0.6) is 0 Å². The van der Waals surface area contributed by atoms with E-state index in [1.165, 1.54) is 6.92 Å². The Balaban J connectivity index is 2.40. The van der Waals surface area contributed by atoms with Crippen LogP contribution in [-0.4, -0.2) is 15.3 Å². The first-order chi connectivity index (χ1) is 7.18. The molecule has 4 heteroatoms. The number of fused-ring (bicyclic) bond motifs is 1. The minimum atomic E-state index is -0.0275. The molecule has 0 saturated carbocycles. The highest BCUT2D eigenvalue weighted by molar-refractivity contribution is 5.72. The summed E-state index contributed by atoms with van der Waals surface area (Å²) in [4.78, 5) is 15.2. The van der Waals surface area contributed by atoms with Crippen molar-refractivity contribution >= 4 is 11.6 Å². The molecule has 0 aromatic carbocycles. The van der Waals surface area contributed by atoms with E-state index in [4.69, 9.17) is 0 Å². The first-order valence-corrected chi connectivity index (χ1v) is 4.85. The largest absolute Gasteiger partial charge is 0.351 e. The number of pyridine rings is 1. The molecular weight excluding hydrogens is 190 g/mol. The zero-order valence-electron chi connectivity index (χ0n) is 8.82. The lowest BCUT2D eigenvalue weighted by Gasteiger charge is -2.03. The molecule has 0 fully saturated rings. The Hall–Kier alpha value is -1.84. The molecule has 1 N–H and O–H groups in total. The quantitative estimate of drug-likeness (QED) is 0.799. The topological polar surface area (TPSA) is 46.4 Å². The number of aryl methyl sites for hydroxylation is 1. The number of carbonyl (C=O) groups is 1. The fourth-order valence-corrected chi connectivity index (χ4v) is 1.59. The van der Waals surface area contributed by atoms with Crippen LogP contribution in [0.25, 0.3) is 5.65 Å². The predicted octanol–water partition coefficient (Wildman–Crippen LogP) is 1.28. The Labute approximate surface area is 87.9 Å². The van der Waals surface area contributed by atoms with Crippen LogP contribution in [-0.2, 0) is 11.3 Å². The fraction of sp³-hybridized carbons (Fsp3) is 0.273.